The van der Waals surface area contributed by atoms with Gasteiger partial charge in [0.25, 0.3) is 0 Å². The lowest BCUT2D eigenvalue weighted by atomic mass is 9.80. The summed E-state index contributed by atoms with van der Waals surface area (Å²) in [6.07, 6.45) is 2.02. The lowest BCUT2D eigenvalue weighted by Crippen LogP contribution is -2.20. The number of nitrogens with two attached hydrogens (primary N) is 1. The molecule has 2 N–H and O–H groups in total. The molecular weight excluding hydrogens is 191 g/mol. The van der Waals surface area contributed by atoms with Crippen LogP contribution in [0.4, 0.5) is 10.1 Å². The molecule has 0 amide bonds. The Morgan fingerprint density at radius 3 is 2.80 bits per heavy atom. The zero-order valence-electron chi connectivity index (χ0n) is 8.63. The highest BCUT2D eigenvalue weighted by molar-refractivity contribution is 5.44. The molecule has 0 spiro atoms. The summed E-state index contributed by atoms with van der Waals surface area (Å²) in [4.78, 5) is 0. The second-order valence-electron chi connectivity index (χ2n) is 3.68. The number of nitriles is 1. The van der Waals surface area contributed by atoms with Crippen LogP contribution in [0.5, 0.6) is 0 Å². The molecule has 0 aliphatic rings. The molecule has 1 unspecified atom stereocenters. The number of benzene rings is 1. The normalized spacial score (nSPS) is 13.9. The zero-order valence-corrected chi connectivity index (χ0v) is 8.63. The first-order chi connectivity index (χ1) is 7.03. The van der Waals surface area contributed by atoms with Gasteiger partial charge in [0.05, 0.1) is 11.5 Å². The summed E-state index contributed by atoms with van der Waals surface area (Å²) in [5.74, 6) is -0.444. The van der Waals surface area contributed by atoms with Crippen LogP contribution in [0.15, 0.2) is 30.9 Å². The molecule has 0 saturated carbocycles. The maximum absolute atomic E-state index is 13.6. The lowest BCUT2D eigenvalue weighted by Gasteiger charge is -2.20. The number of allylic oxidation sites excluding steroid dienone is 1. The lowest BCUT2D eigenvalue weighted by molar-refractivity contribution is 0.542. The van der Waals surface area contributed by atoms with E-state index in [4.69, 9.17) is 11.0 Å². The third-order valence-electron chi connectivity index (χ3n) is 2.39. The van der Waals surface area contributed by atoms with Gasteiger partial charge >= 0.3 is 0 Å². The van der Waals surface area contributed by atoms with Crippen molar-refractivity contribution in [1.29, 1.82) is 5.26 Å². The molecule has 3 heteroatoms. The maximum atomic E-state index is 13.6. The van der Waals surface area contributed by atoms with Crippen LogP contribution in [0.1, 0.15) is 18.9 Å². The van der Waals surface area contributed by atoms with E-state index in [1.54, 1.807) is 25.1 Å². The van der Waals surface area contributed by atoms with E-state index >= 15 is 0 Å². The molecule has 0 radical (unpaired) electrons. The Labute approximate surface area is 88.8 Å². The third kappa shape index (κ3) is 2.16. The van der Waals surface area contributed by atoms with Crippen molar-refractivity contribution in [2.45, 2.75) is 18.8 Å². The topological polar surface area (TPSA) is 49.8 Å². The van der Waals surface area contributed by atoms with Crippen LogP contribution < -0.4 is 5.73 Å². The van der Waals surface area contributed by atoms with E-state index in [2.05, 4.69) is 12.6 Å². The molecule has 0 heterocycles. The fourth-order valence-electron chi connectivity index (χ4n) is 1.48. The fraction of sp³-hybridized carbons (Fsp3) is 0.250. The average Bonchev–Trinajstić information content (AvgIpc) is 2.17. The second-order valence-corrected chi connectivity index (χ2v) is 3.68. The Hall–Kier alpha value is -1.82. The second kappa shape index (κ2) is 4.14. The van der Waals surface area contributed by atoms with Gasteiger partial charge in [0.1, 0.15) is 5.82 Å². The predicted octanol–water partition coefficient (Wildman–Crippen LogP) is 2.77. The van der Waals surface area contributed by atoms with Gasteiger partial charge in [-0.3, -0.25) is 0 Å². The van der Waals surface area contributed by atoms with E-state index in [1.807, 2.05) is 0 Å². The highest BCUT2D eigenvalue weighted by atomic mass is 19.1. The number of hydrogen-bond donors (Lipinski definition) is 1. The van der Waals surface area contributed by atoms with Crippen LogP contribution in [0, 0.1) is 17.1 Å². The van der Waals surface area contributed by atoms with E-state index in [1.165, 1.54) is 6.07 Å². The number of nitrogen functional groups attached to an aromatic ring is 1. The van der Waals surface area contributed by atoms with E-state index in [-0.39, 0.29) is 0 Å². The SMILES string of the molecule is C=CCC(C)(C#N)c1ccc(N)cc1F. The van der Waals surface area contributed by atoms with Gasteiger partial charge in [-0.2, -0.15) is 5.26 Å². The smallest absolute Gasteiger partial charge is 0.130 e. The minimum Gasteiger partial charge on any atom is -0.399 e. The minimum absolute atomic E-state index is 0.357. The first-order valence-corrected chi connectivity index (χ1v) is 4.61. The molecule has 1 aromatic rings. The molecule has 0 aliphatic carbocycles. The number of nitrogens with zero attached hydrogens (tertiary/aromatic N) is 1. The van der Waals surface area contributed by atoms with Crippen LogP contribution in [0.25, 0.3) is 0 Å². The first-order valence-electron chi connectivity index (χ1n) is 4.61. The molecule has 0 fully saturated rings. The van der Waals surface area contributed by atoms with Gasteiger partial charge < -0.3 is 5.73 Å². The molecule has 1 aromatic carbocycles. The van der Waals surface area contributed by atoms with Gasteiger partial charge in [0, 0.05) is 11.3 Å². The van der Waals surface area contributed by atoms with Crippen molar-refractivity contribution in [2.24, 2.45) is 0 Å². The quantitative estimate of drug-likeness (QED) is 0.608. The Morgan fingerprint density at radius 2 is 2.33 bits per heavy atom. The van der Waals surface area contributed by atoms with Crippen LogP contribution in [-0.2, 0) is 5.41 Å². The van der Waals surface area contributed by atoms with Gasteiger partial charge in [0.15, 0.2) is 0 Å². The summed E-state index contributed by atoms with van der Waals surface area (Å²) in [7, 11) is 0. The van der Waals surface area contributed by atoms with E-state index in [0.717, 1.165) is 0 Å². The standard InChI is InChI=1S/C12H13FN2/c1-3-6-12(2,8-14)10-5-4-9(15)7-11(10)13/h3-5,7H,1,6,15H2,2H3. The summed E-state index contributed by atoms with van der Waals surface area (Å²) in [6.45, 7) is 5.25. The Morgan fingerprint density at radius 1 is 1.67 bits per heavy atom. The molecule has 1 atom stereocenters. The van der Waals surface area contributed by atoms with Crippen molar-refractivity contribution in [1.82, 2.24) is 0 Å². The molecule has 0 aliphatic heterocycles. The number of anilines is 1. The van der Waals surface area contributed by atoms with Crippen molar-refractivity contribution in [3.8, 4) is 6.07 Å². The van der Waals surface area contributed by atoms with E-state index < -0.39 is 11.2 Å². The van der Waals surface area contributed by atoms with Crippen molar-refractivity contribution < 1.29 is 4.39 Å². The minimum atomic E-state index is -0.875. The summed E-state index contributed by atoms with van der Waals surface area (Å²) < 4.78 is 13.6. The molecule has 78 valence electrons. The Kier molecular flexibility index (Phi) is 3.11. The number of halogens is 1. The fourth-order valence-corrected chi connectivity index (χ4v) is 1.48. The largest absolute Gasteiger partial charge is 0.399 e. The number of hydrogen-bond acceptors (Lipinski definition) is 2. The first kappa shape index (κ1) is 11.3. The summed E-state index contributed by atoms with van der Waals surface area (Å²) in [5.41, 5.74) is 5.28. The van der Waals surface area contributed by atoms with Crippen molar-refractivity contribution in [2.75, 3.05) is 5.73 Å². The van der Waals surface area contributed by atoms with Crippen molar-refractivity contribution in [3.63, 3.8) is 0 Å². The van der Waals surface area contributed by atoms with Gasteiger partial charge in [-0.15, -0.1) is 6.58 Å². The molecular formula is C12H13FN2. The number of rotatable bonds is 3. The molecule has 0 bridgehead atoms. The Bertz CT molecular complexity index is 420. The average molecular weight is 204 g/mol. The molecule has 0 aromatic heterocycles. The van der Waals surface area contributed by atoms with Crippen molar-refractivity contribution in [3.05, 3.63) is 42.2 Å². The maximum Gasteiger partial charge on any atom is 0.130 e. The van der Waals surface area contributed by atoms with Crippen molar-refractivity contribution >= 4 is 5.69 Å². The third-order valence-corrected chi connectivity index (χ3v) is 2.39. The van der Waals surface area contributed by atoms with Gasteiger partial charge in [-0.25, -0.2) is 4.39 Å². The van der Waals surface area contributed by atoms with Gasteiger partial charge in [0.2, 0.25) is 0 Å². The van der Waals surface area contributed by atoms with Crippen LogP contribution in [0.3, 0.4) is 0 Å². The highest BCUT2D eigenvalue weighted by Gasteiger charge is 2.27. The van der Waals surface area contributed by atoms with E-state index in [9.17, 15) is 4.39 Å². The summed E-state index contributed by atoms with van der Waals surface area (Å²) in [6, 6.07) is 6.48. The summed E-state index contributed by atoms with van der Waals surface area (Å²) >= 11 is 0. The van der Waals surface area contributed by atoms with Gasteiger partial charge in [-0.05, 0) is 25.5 Å². The van der Waals surface area contributed by atoms with E-state index in [0.29, 0.717) is 17.7 Å². The van der Waals surface area contributed by atoms with Gasteiger partial charge in [-0.1, -0.05) is 12.1 Å². The molecule has 1 rings (SSSR count). The predicted molar refractivity (Wildman–Crippen MR) is 58.6 cm³/mol. The monoisotopic (exact) mass is 204 g/mol. The zero-order chi connectivity index (χ0) is 11.5. The van der Waals surface area contributed by atoms with Crippen LogP contribution in [0.2, 0.25) is 0 Å². The summed E-state index contributed by atoms with van der Waals surface area (Å²) in [5, 5.41) is 9.07. The molecule has 0 saturated heterocycles. The molecule has 2 nitrogen and oxygen atoms in total. The van der Waals surface area contributed by atoms with Crippen LogP contribution in [-0.4, -0.2) is 0 Å². The highest BCUT2D eigenvalue weighted by Crippen LogP contribution is 2.30. The molecule has 15 heavy (non-hydrogen) atoms. The Balaban J connectivity index is 3.25. The van der Waals surface area contributed by atoms with Crippen LogP contribution >= 0.6 is 0 Å².